The highest BCUT2D eigenvalue weighted by Crippen LogP contribution is 2.28. The highest BCUT2D eigenvalue weighted by atomic mass is 127. The lowest BCUT2D eigenvalue weighted by atomic mass is 9.91. The van der Waals surface area contributed by atoms with Crippen molar-refractivity contribution in [3.05, 3.63) is 46.2 Å². The Balaban J connectivity index is 0.00000392. The van der Waals surface area contributed by atoms with E-state index in [2.05, 4.69) is 53.1 Å². The zero-order valence-electron chi connectivity index (χ0n) is 17.4. The molecule has 0 fully saturated rings. The molecular formula is C21H32IN3O2S. The van der Waals surface area contributed by atoms with Crippen molar-refractivity contribution in [3.63, 3.8) is 0 Å². The Morgan fingerprint density at radius 1 is 1.11 bits per heavy atom. The van der Waals surface area contributed by atoms with Crippen LogP contribution >= 0.6 is 35.3 Å². The predicted octanol–water partition coefficient (Wildman–Crippen LogP) is 4.46. The summed E-state index contributed by atoms with van der Waals surface area (Å²) in [6.45, 7) is 6.18. The number of nitrogens with zero attached hydrogens (tertiary/aromatic N) is 1. The monoisotopic (exact) mass is 517 g/mol. The van der Waals surface area contributed by atoms with Crippen LogP contribution in [-0.2, 0) is 11.8 Å². The lowest BCUT2D eigenvalue weighted by molar-refractivity contribution is 0.354. The molecule has 0 amide bonds. The molecule has 156 valence electrons. The highest BCUT2D eigenvalue weighted by molar-refractivity contribution is 14.0. The normalized spacial score (nSPS) is 11.5. The fraction of sp³-hybridized carbons (Fsp3) is 0.476. The molecule has 0 aliphatic heterocycles. The summed E-state index contributed by atoms with van der Waals surface area (Å²) in [6.07, 6.45) is 1.97. The first-order valence-electron chi connectivity index (χ1n) is 9.19. The van der Waals surface area contributed by atoms with Gasteiger partial charge in [0.25, 0.3) is 0 Å². The molecular weight excluding hydrogens is 485 g/mol. The van der Waals surface area contributed by atoms with Crippen LogP contribution in [0.4, 0.5) is 0 Å². The van der Waals surface area contributed by atoms with Crippen molar-refractivity contribution in [2.75, 3.05) is 34.4 Å². The summed E-state index contributed by atoms with van der Waals surface area (Å²) in [6, 6.07) is 10.4. The molecule has 2 aromatic rings. The lowest BCUT2D eigenvalue weighted by Gasteiger charge is -2.25. The van der Waals surface area contributed by atoms with Crippen LogP contribution < -0.4 is 20.1 Å². The Hall–Kier alpha value is -1.48. The van der Waals surface area contributed by atoms with Gasteiger partial charge in [0.2, 0.25) is 0 Å². The Labute approximate surface area is 190 Å². The minimum absolute atomic E-state index is 0. The molecule has 1 heterocycles. The number of hydrogen-bond acceptors (Lipinski definition) is 4. The Bertz CT molecular complexity index is 733. The highest BCUT2D eigenvalue weighted by Gasteiger charge is 2.21. The molecule has 2 rings (SSSR count). The van der Waals surface area contributed by atoms with Gasteiger partial charge >= 0.3 is 0 Å². The summed E-state index contributed by atoms with van der Waals surface area (Å²) in [4.78, 5) is 5.70. The fourth-order valence-electron chi connectivity index (χ4n) is 2.81. The van der Waals surface area contributed by atoms with E-state index >= 15 is 0 Å². The van der Waals surface area contributed by atoms with Crippen molar-refractivity contribution in [3.8, 4) is 11.5 Å². The van der Waals surface area contributed by atoms with Crippen LogP contribution in [0.3, 0.4) is 0 Å². The van der Waals surface area contributed by atoms with Gasteiger partial charge in [-0.2, -0.15) is 0 Å². The largest absolute Gasteiger partial charge is 0.493 e. The number of rotatable bonds is 9. The molecule has 5 nitrogen and oxygen atoms in total. The number of aliphatic imine (C=N–C) groups is 1. The molecule has 0 radical (unpaired) electrons. The Kier molecular flexibility index (Phi) is 10.7. The first kappa shape index (κ1) is 24.6. The van der Waals surface area contributed by atoms with Crippen LogP contribution in [0.15, 0.2) is 40.7 Å². The van der Waals surface area contributed by atoms with Crippen molar-refractivity contribution < 1.29 is 9.47 Å². The molecule has 0 aliphatic carbocycles. The molecule has 0 bridgehead atoms. The SMILES string of the molecule is CN=C(NCCCc1ccc(OC)c(OC)c1)NCC(C)(C)c1cccs1.I. The molecule has 0 spiro atoms. The summed E-state index contributed by atoms with van der Waals surface area (Å²) in [5, 5.41) is 8.96. The third kappa shape index (κ3) is 7.16. The van der Waals surface area contributed by atoms with E-state index in [1.807, 2.05) is 19.2 Å². The van der Waals surface area contributed by atoms with Crippen molar-refractivity contribution >= 4 is 41.3 Å². The van der Waals surface area contributed by atoms with Crippen molar-refractivity contribution in [2.24, 2.45) is 4.99 Å². The minimum atomic E-state index is 0. The van der Waals surface area contributed by atoms with E-state index < -0.39 is 0 Å². The second-order valence-corrected chi connectivity index (χ2v) is 7.95. The predicted molar refractivity (Wildman–Crippen MR) is 130 cm³/mol. The van der Waals surface area contributed by atoms with Crippen LogP contribution in [0.2, 0.25) is 0 Å². The van der Waals surface area contributed by atoms with E-state index in [0.717, 1.165) is 43.4 Å². The van der Waals surface area contributed by atoms with Gasteiger partial charge in [0.15, 0.2) is 17.5 Å². The first-order valence-corrected chi connectivity index (χ1v) is 10.1. The van der Waals surface area contributed by atoms with Crippen LogP contribution in [0, 0.1) is 0 Å². The van der Waals surface area contributed by atoms with E-state index in [-0.39, 0.29) is 29.4 Å². The summed E-state index contributed by atoms with van der Waals surface area (Å²) < 4.78 is 10.6. The smallest absolute Gasteiger partial charge is 0.191 e. The maximum Gasteiger partial charge on any atom is 0.191 e. The van der Waals surface area contributed by atoms with Crippen LogP contribution in [0.5, 0.6) is 11.5 Å². The zero-order chi connectivity index (χ0) is 19.7. The number of nitrogens with one attached hydrogen (secondary N) is 2. The molecule has 1 aromatic heterocycles. The maximum atomic E-state index is 5.36. The van der Waals surface area contributed by atoms with Crippen molar-refractivity contribution in [2.45, 2.75) is 32.1 Å². The molecule has 2 N–H and O–H groups in total. The Morgan fingerprint density at radius 2 is 1.86 bits per heavy atom. The number of hydrogen-bond donors (Lipinski definition) is 2. The van der Waals surface area contributed by atoms with Gasteiger partial charge in [0.05, 0.1) is 14.2 Å². The minimum Gasteiger partial charge on any atom is -0.493 e. The summed E-state index contributed by atoms with van der Waals surface area (Å²) >= 11 is 1.79. The number of halogens is 1. The van der Waals surface area contributed by atoms with Gasteiger partial charge < -0.3 is 20.1 Å². The van der Waals surface area contributed by atoms with Crippen LogP contribution in [0.1, 0.15) is 30.7 Å². The Morgan fingerprint density at radius 3 is 2.46 bits per heavy atom. The quantitative estimate of drug-likeness (QED) is 0.223. The number of benzene rings is 1. The second-order valence-electron chi connectivity index (χ2n) is 7.01. The van der Waals surface area contributed by atoms with Gasteiger partial charge in [-0.15, -0.1) is 35.3 Å². The number of methoxy groups -OCH3 is 2. The van der Waals surface area contributed by atoms with Crippen LogP contribution in [0.25, 0.3) is 0 Å². The van der Waals surface area contributed by atoms with Gasteiger partial charge in [-0.1, -0.05) is 26.0 Å². The fourth-order valence-corrected chi connectivity index (χ4v) is 3.66. The molecule has 28 heavy (non-hydrogen) atoms. The zero-order valence-corrected chi connectivity index (χ0v) is 20.5. The van der Waals surface area contributed by atoms with Crippen molar-refractivity contribution in [1.29, 1.82) is 0 Å². The van der Waals surface area contributed by atoms with Gasteiger partial charge in [0.1, 0.15) is 0 Å². The van der Waals surface area contributed by atoms with Crippen molar-refractivity contribution in [1.82, 2.24) is 10.6 Å². The lowest BCUT2D eigenvalue weighted by Crippen LogP contribution is -2.43. The molecule has 7 heteroatoms. The molecule has 0 saturated heterocycles. The number of thiophene rings is 1. The summed E-state index contributed by atoms with van der Waals surface area (Å²) in [5.41, 5.74) is 1.31. The standard InChI is InChI=1S/C21H31N3O2S.HI/c1-21(2,19-9-7-13-27-19)15-24-20(22-3)23-12-6-8-16-10-11-17(25-4)18(14-16)26-5;/h7,9-11,13-14H,6,8,12,15H2,1-5H3,(H2,22,23,24);1H. The third-order valence-electron chi connectivity index (χ3n) is 4.49. The van der Waals surface area contributed by atoms with E-state index in [0.29, 0.717) is 0 Å². The topological polar surface area (TPSA) is 54.9 Å². The number of aryl methyl sites for hydroxylation is 1. The van der Waals surface area contributed by atoms with E-state index in [4.69, 9.17) is 9.47 Å². The average Bonchev–Trinajstić information content (AvgIpc) is 3.23. The van der Waals surface area contributed by atoms with E-state index in [1.165, 1.54) is 10.4 Å². The van der Waals surface area contributed by atoms with Gasteiger partial charge in [-0.3, -0.25) is 4.99 Å². The second kappa shape index (κ2) is 12.2. The number of guanidine groups is 1. The summed E-state index contributed by atoms with van der Waals surface area (Å²) in [7, 11) is 5.12. The van der Waals surface area contributed by atoms with Gasteiger partial charge in [-0.25, -0.2) is 0 Å². The van der Waals surface area contributed by atoms with E-state index in [1.54, 1.807) is 25.6 Å². The molecule has 0 atom stereocenters. The maximum absolute atomic E-state index is 5.36. The molecule has 0 saturated carbocycles. The molecule has 1 aromatic carbocycles. The van der Waals surface area contributed by atoms with Gasteiger partial charge in [0, 0.05) is 30.4 Å². The summed E-state index contributed by atoms with van der Waals surface area (Å²) in [5.74, 6) is 2.38. The van der Waals surface area contributed by atoms with Crippen LogP contribution in [-0.4, -0.2) is 40.3 Å². The molecule has 0 unspecified atom stereocenters. The number of ether oxygens (including phenoxy) is 2. The molecule has 0 aliphatic rings. The third-order valence-corrected chi connectivity index (χ3v) is 5.73. The van der Waals surface area contributed by atoms with Gasteiger partial charge in [-0.05, 0) is 42.0 Å². The first-order chi connectivity index (χ1) is 13.0. The van der Waals surface area contributed by atoms with E-state index in [9.17, 15) is 0 Å². The average molecular weight is 517 g/mol.